The average Bonchev–Trinajstić information content (AvgIpc) is 2.77. The van der Waals surface area contributed by atoms with E-state index in [1.165, 1.54) is 0 Å². The number of guanidine groups is 1. The van der Waals surface area contributed by atoms with Gasteiger partial charge in [0.15, 0.2) is 5.96 Å². The quantitative estimate of drug-likeness (QED) is 0.778. The summed E-state index contributed by atoms with van der Waals surface area (Å²) in [5.74, 6) is 0.463. The van der Waals surface area contributed by atoms with E-state index in [0.29, 0.717) is 25.5 Å². The minimum atomic E-state index is -0.715. The number of ether oxygens (including phenoxy) is 1. The topological polar surface area (TPSA) is 62.7 Å². The Labute approximate surface area is 113 Å². The summed E-state index contributed by atoms with van der Waals surface area (Å²) in [6, 6.07) is 9.71. The molecule has 5 heteroatoms. The second kappa shape index (κ2) is 5.84. The van der Waals surface area contributed by atoms with E-state index in [4.69, 9.17) is 4.74 Å². The first kappa shape index (κ1) is 13.5. The van der Waals surface area contributed by atoms with Crippen LogP contribution >= 0.6 is 0 Å². The molecule has 1 aromatic rings. The third kappa shape index (κ3) is 2.61. The maximum absolute atomic E-state index is 12.3. The zero-order valence-electron chi connectivity index (χ0n) is 11.3. The van der Waals surface area contributed by atoms with Crippen molar-refractivity contribution >= 4 is 11.9 Å². The lowest BCUT2D eigenvalue weighted by Gasteiger charge is -2.25. The maximum atomic E-state index is 12.3. The highest BCUT2D eigenvalue weighted by Gasteiger charge is 2.44. The van der Waals surface area contributed by atoms with Crippen LogP contribution in [-0.2, 0) is 15.1 Å². The minimum absolute atomic E-state index is 0.0580. The summed E-state index contributed by atoms with van der Waals surface area (Å²) in [7, 11) is 1.63. The van der Waals surface area contributed by atoms with Gasteiger partial charge in [0.2, 0.25) is 0 Å². The Morgan fingerprint density at radius 3 is 2.68 bits per heavy atom. The van der Waals surface area contributed by atoms with E-state index in [0.717, 1.165) is 5.56 Å². The highest BCUT2D eigenvalue weighted by atomic mass is 16.5. The number of carbonyl (C=O) groups excluding carboxylic acids is 1. The highest BCUT2D eigenvalue weighted by molar-refractivity contribution is 6.09. The van der Waals surface area contributed by atoms with E-state index in [-0.39, 0.29) is 5.91 Å². The summed E-state index contributed by atoms with van der Waals surface area (Å²) in [6.45, 7) is 3.04. The van der Waals surface area contributed by atoms with Crippen molar-refractivity contribution in [2.75, 3.05) is 20.3 Å². The number of hydrogen-bond donors (Lipinski definition) is 2. The number of nitrogens with zero attached hydrogens (tertiary/aromatic N) is 1. The molecule has 1 atom stereocenters. The van der Waals surface area contributed by atoms with Crippen LogP contribution in [-0.4, -0.2) is 32.1 Å². The van der Waals surface area contributed by atoms with Gasteiger partial charge in [0.05, 0.1) is 13.2 Å². The summed E-state index contributed by atoms with van der Waals surface area (Å²) in [5.41, 5.74) is 0.236. The van der Waals surface area contributed by atoms with E-state index in [1.54, 1.807) is 7.11 Å². The molecule has 0 spiro atoms. The molecule has 5 nitrogen and oxygen atoms in total. The first-order valence-corrected chi connectivity index (χ1v) is 6.41. The molecular weight excluding hydrogens is 242 g/mol. The van der Waals surface area contributed by atoms with Crippen molar-refractivity contribution < 1.29 is 9.53 Å². The largest absolute Gasteiger partial charge is 0.383 e. The van der Waals surface area contributed by atoms with Gasteiger partial charge in [-0.1, -0.05) is 37.3 Å². The predicted octanol–water partition coefficient (Wildman–Crippen LogP) is 1.01. The van der Waals surface area contributed by atoms with Crippen LogP contribution in [0.1, 0.15) is 18.9 Å². The fourth-order valence-electron chi connectivity index (χ4n) is 2.21. The van der Waals surface area contributed by atoms with Crippen molar-refractivity contribution in [3.63, 3.8) is 0 Å². The Balaban J connectivity index is 2.23. The fourth-order valence-corrected chi connectivity index (χ4v) is 2.21. The zero-order valence-corrected chi connectivity index (χ0v) is 11.3. The van der Waals surface area contributed by atoms with Crippen molar-refractivity contribution in [1.29, 1.82) is 0 Å². The molecule has 1 heterocycles. The first-order chi connectivity index (χ1) is 9.23. The smallest absolute Gasteiger partial charge is 0.257 e. The third-order valence-corrected chi connectivity index (χ3v) is 3.31. The number of amides is 1. The second-order valence-corrected chi connectivity index (χ2v) is 4.43. The zero-order chi connectivity index (χ0) is 13.7. The summed E-state index contributed by atoms with van der Waals surface area (Å²) in [4.78, 5) is 16.6. The van der Waals surface area contributed by atoms with Crippen LogP contribution in [0.5, 0.6) is 0 Å². The Bertz CT molecular complexity index is 473. The van der Waals surface area contributed by atoms with Crippen LogP contribution < -0.4 is 10.6 Å². The number of benzene rings is 1. The molecule has 1 saturated heterocycles. The molecule has 2 N–H and O–H groups in total. The van der Waals surface area contributed by atoms with E-state index in [9.17, 15) is 4.79 Å². The molecule has 19 heavy (non-hydrogen) atoms. The van der Waals surface area contributed by atoms with Gasteiger partial charge in [0.1, 0.15) is 5.54 Å². The molecule has 0 saturated carbocycles. The van der Waals surface area contributed by atoms with Gasteiger partial charge in [-0.15, -0.1) is 0 Å². The molecule has 0 bridgehead atoms. The minimum Gasteiger partial charge on any atom is -0.383 e. The molecule has 1 aliphatic rings. The van der Waals surface area contributed by atoms with Crippen LogP contribution in [0.15, 0.2) is 35.3 Å². The van der Waals surface area contributed by atoms with Crippen molar-refractivity contribution in [2.45, 2.75) is 18.9 Å². The highest BCUT2D eigenvalue weighted by Crippen LogP contribution is 2.28. The summed E-state index contributed by atoms with van der Waals surface area (Å²) in [6.07, 6.45) is 0.659. The Kier molecular flexibility index (Phi) is 4.16. The predicted molar refractivity (Wildman–Crippen MR) is 73.9 cm³/mol. The Hall–Kier alpha value is -1.88. The molecule has 1 fully saturated rings. The lowest BCUT2D eigenvalue weighted by molar-refractivity contribution is -0.124. The number of nitrogens with one attached hydrogen (secondary N) is 2. The van der Waals surface area contributed by atoms with E-state index in [2.05, 4.69) is 15.6 Å². The van der Waals surface area contributed by atoms with Crippen molar-refractivity contribution in [1.82, 2.24) is 10.6 Å². The van der Waals surface area contributed by atoms with Crippen molar-refractivity contribution in [3.05, 3.63) is 35.9 Å². The standard InChI is InChI=1S/C14H19N3O2/c1-3-14(11-7-5-4-6-8-11)12(18)16-13(17-14)15-9-10-19-2/h4-8H,3,9-10H2,1-2H3,(H2,15,16,17,18). The molecule has 1 unspecified atom stereocenters. The first-order valence-electron chi connectivity index (χ1n) is 6.41. The van der Waals surface area contributed by atoms with Gasteiger partial charge in [-0.25, -0.2) is 0 Å². The second-order valence-electron chi connectivity index (χ2n) is 4.43. The molecule has 1 aliphatic heterocycles. The number of aliphatic imine (C=N–C) groups is 1. The SMILES string of the molecule is CCC1(c2ccccc2)NC(=NCCOC)NC1=O. The third-order valence-electron chi connectivity index (χ3n) is 3.31. The van der Waals surface area contributed by atoms with Gasteiger partial charge >= 0.3 is 0 Å². The van der Waals surface area contributed by atoms with Gasteiger partial charge in [0, 0.05) is 7.11 Å². The summed E-state index contributed by atoms with van der Waals surface area (Å²) < 4.78 is 4.94. The van der Waals surface area contributed by atoms with Gasteiger partial charge < -0.3 is 10.1 Å². The van der Waals surface area contributed by atoms with Crippen molar-refractivity contribution in [2.24, 2.45) is 4.99 Å². The monoisotopic (exact) mass is 261 g/mol. The maximum Gasteiger partial charge on any atom is 0.257 e. The molecule has 0 radical (unpaired) electrons. The van der Waals surface area contributed by atoms with E-state index >= 15 is 0 Å². The lowest BCUT2D eigenvalue weighted by atomic mass is 9.87. The summed E-state index contributed by atoms with van der Waals surface area (Å²) in [5, 5.41) is 6.01. The number of hydrogen-bond acceptors (Lipinski definition) is 3. The van der Waals surface area contributed by atoms with Gasteiger partial charge in [-0.05, 0) is 12.0 Å². The Morgan fingerprint density at radius 2 is 2.05 bits per heavy atom. The van der Waals surface area contributed by atoms with Crippen LogP contribution in [0.2, 0.25) is 0 Å². The van der Waals surface area contributed by atoms with Crippen molar-refractivity contribution in [3.8, 4) is 0 Å². The van der Waals surface area contributed by atoms with Gasteiger partial charge in [-0.3, -0.25) is 15.1 Å². The molecule has 0 aliphatic carbocycles. The molecular formula is C14H19N3O2. The molecule has 0 aromatic heterocycles. The van der Waals surface area contributed by atoms with Gasteiger partial charge in [0.25, 0.3) is 5.91 Å². The fraction of sp³-hybridized carbons (Fsp3) is 0.429. The van der Waals surface area contributed by atoms with Crippen LogP contribution in [0.3, 0.4) is 0 Å². The molecule has 1 aromatic carbocycles. The normalized spacial score (nSPS) is 24.3. The molecule has 102 valence electrons. The number of methoxy groups -OCH3 is 1. The summed E-state index contributed by atoms with van der Waals surface area (Å²) >= 11 is 0. The molecule has 2 rings (SSSR count). The van der Waals surface area contributed by atoms with Crippen LogP contribution in [0.25, 0.3) is 0 Å². The van der Waals surface area contributed by atoms with Gasteiger partial charge in [-0.2, -0.15) is 0 Å². The number of rotatable bonds is 5. The van der Waals surface area contributed by atoms with Crippen LogP contribution in [0.4, 0.5) is 0 Å². The lowest BCUT2D eigenvalue weighted by Crippen LogP contribution is -2.43. The average molecular weight is 261 g/mol. The number of carbonyl (C=O) groups is 1. The van der Waals surface area contributed by atoms with Crippen LogP contribution in [0, 0.1) is 0 Å². The Morgan fingerprint density at radius 1 is 1.32 bits per heavy atom. The molecule has 1 amide bonds. The van der Waals surface area contributed by atoms with E-state index < -0.39 is 5.54 Å². The van der Waals surface area contributed by atoms with E-state index in [1.807, 2.05) is 37.3 Å².